The van der Waals surface area contributed by atoms with Crippen LogP contribution in [0.5, 0.6) is 0 Å². The maximum atomic E-state index is 4.96. The van der Waals surface area contributed by atoms with Crippen molar-refractivity contribution >= 4 is 33.9 Å². The Bertz CT molecular complexity index is 3180. The number of hydrogen-bond acceptors (Lipinski definition) is 5. The van der Waals surface area contributed by atoms with Crippen molar-refractivity contribution in [1.29, 1.82) is 0 Å². The summed E-state index contributed by atoms with van der Waals surface area (Å²) in [5, 5.41) is 1.31. The van der Waals surface area contributed by atoms with E-state index in [2.05, 4.69) is 149 Å². The lowest BCUT2D eigenvalue weighted by atomic mass is 9.87. The summed E-state index contributed by atoms with van der Waals surface area (Å²) in [6, 6.07) is 60.0. The average Bonchev–Trinajstić information content (AvgIpc) is 3.87. The third-order valence-electron chi connectivity index (χ3n) is 12.5. The maximum Gasteiger partial charge on any atom is 0.182 e. The smallest absolute Gasteiger partial charge is 0.182 e. The van der Waals surface area contributed by atoms with E-state index in [0.717, 1.165) is 40.8 Å². The van der Waals surface area contributed by atoms with Crippen LogP contribution in [0.3, 0.4) is 0 Å². The molecule has 62 heavy (non-hydrogen) atoms. The zero-order chi connectivity index (χ0) is 41.0. The molecule has 0 bridgehead atoms. The summed E-state index contributed by atoms with van der Waals surface area (Å²) in [4.78, 5) is 22.1. The molecule has 0 saturated carbocycles. The van der Waals surface area contributed by atoms with Gasteiger partial charge in [0.15, 0.2) is 17.5 Å². The monoisotopic (exact) mass is 796 g/mol. The lowest BCUT2D eigenvalue weighted by molar-refractivity contribution is 0.747. The minimum Gasteiger partial charge on any atom is -0.333 e. The normalized spacial score (nSPS) is 16.2. The Labute approximate surface area is 360 Å². The van der Waals surface area contributed by atoms with E-state index in [-0.39, 0.29) is 12.0 Å². The van der Waals surface area contributed by atoms with Gasteiger partial charge in [0.2, 0.25) is 0 Å². The highest BCUT2D eigenvalue weighted by Crippen LogP contribution is 2.49. The number of fused-ring (bicyclic) bond motifs is 6. The Balaban J connectivity index is 0.912. The second-order valence-electron chi connectivity index (χ2n) is 16.1. The minimum absolute atomic E-state index is 0.0851. The predicted octanol–water partition coefficient (Wildman–Crippen LogP) is 13.1. The lowest BCUT2D eigenvalue weighted by Crippen LogP contribution is -2.29. The van der Waals surface area contributed by atoms with Gasteiger partial charge in [0.25, 0.3) is 0 Å². The van der Waals surface area contributed by atoms with Gasteiger partial charge in [-0.05, 0) is 89.2 Å². The van der Waals surface area contributed by atoms with Gasteiger partial charge in [0, 0.05) is 56.9 Å². The van der Waals surface area contributed by atoms with E-state index in [1.165, 1.54) is 50.2 Å². The SMILES string of the molecule is C1=Cc2c(n(-c3ccccc3)c3cccc(-c4ccc(N5c6ccccc6C6C=CC(c7ccnc(-c8nc(-c9ccccc9)nc(-c9ccccc9)n8)c7)=CC65)cc4)c23)CC1. The first-order valence-corrected chi connectivity index (χ1v) is 21.4. The molecular formula is C56H40N6. The second-order valence-corrected chi connectivity index (χ2v) is 16.1. The van der Waals surface area contributed by atoms with Gasteiger partial charge < -0.3 is 9.47 Å². The number of allylic oxidation sites excluding steroid dienone is 3. The van der Waals surface area contributed by atoms with Gasteiger partial charge in [-0.3, -0.25) is 4.98 Å². The number of benzene rings is 6. The first-order valence-electron chi connectivity index (χ1n) is 21.4. The summed E-state index contributed by atoms with van der Waals surface area (Å²) < 4.78 is 2.47. The molecule has 4 heterocycles. The molecule has 0 saturated heterocycles. The van der Waals surface area contributed by atoms with Gasteiger partial charge in [-0.1, -0.05) is 152 Å². The van der Waals surface area contributed by atoms with Crippen molar-refractivity contribution in [2.45, 2.75) is 24.8 Å². The fraction of sp³-hybridized carbons (Fsp3) is 0.0714. The number of nitrogens with zero attached hydrogens (tertiary/aromatic N) is 6. The van der Waals surface area contributed by atoms with Crippen molar-refractivity contribution in [3.63, 3.8) is 0 Å². The first-order chi connectivity index (χ1) is 30.7. The van der Waals surface area contributed by atoms with Crippen molar-refractivity contribution in [2.24, 2.45) is 0 Å². The molecule has 0 amide bonds. The molecule has 3 aliphatic rings. The molecule has 6 nitrogen and oxygen atoms in total. The van der Waals surface area contributed by atoms with Crippen molar-refractivity contribution < 1.29 is 0 Å². The number of aromatic nitrogens is 5. The third-order valence-corrected chi connectivity index (χ3v) is 12.5. The molecule has 2 aliphatic carbocycles. The topological polar surface area (TPSA) is 59.7 Å². The Kier molecular flexibility index (Phi) is 8.66. The van der Waals surface area contributed by atoms with Gasteiger partial charge in [-0.2, -0.15) is 0 Å². The highest BCUT2D eigenvalue weighted by molar-refractivity contribution is 6.04. The highest BCUT2D eigenvalue weighted by atomic mass is 15.2. The molecule has 0 N–H and O–H groups in total. The number of hydrogen-bond donors (Lipinski definition) is 0. The highest BCUT2D eigenvalue weighted by Gasteiger charge is 2.38. The van der Waals surface area contributed by atoms with Crippen molar-refractivity contribution in [1.82, 2.24) is 24.5 Å². The molecule has 0 fully saturated rings. The molecule has 0 radical (unpaired) electrons. The van der Waals surface area contributed by atoms with Crippen molar-refractivity contribution in [3.8, 4) is 51.1 Å². The largest absolute Gasteiger partial charge is 0.333 e. The van der Waals surface area contributed by atoms with E-state index in [9.17, 15) is 0 Å². The second kappa shape index (κ2) is 14.9. The molecule has 294 valence electrons. The number of rotatable bonds is 7. The van der Waals surface area contributed by atoms with Crippen molar-refractivity contribution in [3.05, 3.63) is 223 Å². The quantitative estimate of drug-likeness (QED) is 0.161. The number of para-hydroxylation sites is 2. The molecule has 9 aromatic rings. The standard InChI is InChI=1S/C56H40N6/c1-4-15-38(16-5-1)54-58-55(39-17-6-2-7-18-39)60-56(59-54)48-35-41(33-34-57-48)40-29-32-46-45-21-10-12-24-49(45)62(52(46)36-40)43-30-27-37(28-31-43)44-23-14-26-51-53(44)47-22-11-13-25-50(47)61(51)42-19-8-3-9-20-42/h1-12,14-24,26-36,46,52H,13,25H2. The fourth-order valence-corrected chi connectivity index (χ4v) is 9.68. The van der Waals surface area contributed by atoms with Crippen LogP contribution >= 0.6 is 0 Å². The van der Waals surface area contributed by atoms with Crippen LogP contribution in [0.15, 0.2) is 200 Å². The molecule has 2 unspecified atom stereocenters. The van der Waals surface area contributed by atoms with Gasteiger partial charge in [0.1, 0.15) is 5.69 Å². The minimum atomic E-state index is 0.0851. The molecule has 6 aromatic carbocycles. The van der Waals surface area contributed by atoms with Crippen LogP contribution in [0.2, 0.25) is 0 Å². The molecule has 2 atom stereocenters. The first kappa shape index (κ1) is 35.9. The van der Waals surface area contributed by atoms with E-state index < -0.39 is 0 Å². The fourth-order valence-electron chi connectivity index (χ4n) is 9.68. The Morgan fingerprint density at radius 2 is 1.24 bits per heavy atom. The van der Waals surface area contributed by atoms with Gasteiger partial charge >= 0.3 is 0 Å². The van der Waals surface area contributed by atoms with Gasteiger partial charge in [0.05, 0.1) is 11.6 Å². The molecule has 6 heteroatoms. The van der Waals surface area contributed by atoms with Crippen LogP contribution in [0.25, 0.3) is 73.7 Å². The third kappa shape index (κ3) is 6.10. The van der Waals surface area contributed by atoms with Crippen molar-refractivity contribution in [2.75, 3.05) is 4.90 Å². The van der Waals surface area contributed by atoms with Gasteiger partial charge in [-0.15, -0.1) is 0 Å². The maximum absolute atomic E-state index is 4.96. The number of anilines is 2. The van der Waals surface area contributed by atoms with Gasteiger partial charge in [-0.25, -0.2) is 15.0 Å². The summed E-state index contributed by atoms with van der Waals surface area (Å²) in [5.74, 6) is 1.98. The zero-order valence-corrected chi connectivity index (χ0v) is 33.9. The summed E-state index contributed by atoms with van der Waals surface area (Å²) in [6.45, 7) is 0. The lowest BCUT2D eigenvalue weighted by Gasteiger charge is -2.30. The van der Waals surface area contributed by atoms with Crippen LogP contribution in [0.1, 0.15) is 34.7 Å². The molecule has 12 rings (SSSR count). The van der Waals surface area contributed by atoms with Crippen LogP contribution in [-0.4, -0.2) is 30.5 Å². The number of pyridine rings is 1. The Morgan fingerprint density at radius 1 is 0.548 bits per heavy atom. The van der Waals surface area contributed by atoms with Crippen LogP contribution in [0, 0.1) is 0 Å². The van der Waals surface area contributed by atoms with E-state index in [0.29, 0.717) is 23.2 Å². The molecule has 0 spiro atoms. The molecule has 1 aliphatic heterocycles. The van der Waals surface area contributed by atoms with Crippen LogP contribution < -0.4 is 4.90 Å². The summed E-state index contributed by atoms with van der Waals surface area (Å²) >= 11 is 0. The average molecular weight is 797 g/mol. The summed E-state index contributed by atoms with van der Waals surface area (Å²) in [6.07, 6.45) is 15.6. The Hall–Kier alpha value is -7.96. The van der Waals surface area contributed by atoms with E-state index in [1.54, 1.807) is 0 Å². The molecular weight excluding hydrogens is 757 g/mol. The zero-order valence-electron chi connectivity index (χ0n) is 33.9. The predicted molar refractivity (Wildman–Crippen MR) is 252 cm³/mol. The summed E-state index contributed by atoms with van der Waals surface area (Å²) in [7, 11) is 0. The van der Waals surface area contributed by atoms with E-state index in [1.807, 2.05) is 66.9 Å². The van der Waals surface area contributed by atoms with Crippen LogP contribution in [0.4, 0.5) is 11.4 Å². The van der Waals surface area contributed by atoms with Crippen LogP contribution in [-0.2, 0) is 6.42 Å². The molecule has 3 aromatic heterocycles. The Morgan fingerprint density at radius 3 is 2.00 bits per heavy atom. The van der Waals surface area contributed by atoms with E-state index in [4.69, 9.17) is 19.9 Å². The summed E-state index contributed by atoms with van der Waals surface area (Å²) in [5.41, 5.74) is 16.1. The van der Waals surface area contributed by atoms with E-state index >= 15 is 0 Å².